The monoisotopic (exact) mass is 170 g/mol. The van der Waals surface area contributed by atoms with Crippen molar-refractivity contribution in [2.45, 2.75) is 25.2 Å². The Morgan fingerprint density at radius 3 is 2.67 bits per heavy atom. The maximum atomic E-state index is 9.54. The zero-order valence-corrected chi connectivity index (χ0v) is 7.32. The van der Waals surface area contributed by atoms with Crippen LogP contribution in [-0.2, 0) is 4.74 Å². The topological polar surface area (TPSA) is 49.7 Å². The summed E-state index contributed by atoms with van der Waals surface area (Å²) in [4.78, 5) is 0. The lowest BCUT2D eigenvalue weighted by Gasteiger charge is -2.25. The summed E-state index contributed by atoms with van der Waals surface area (Å²) in [5, 5.41) is 18.7. The molecule has 3 heteroatoms. The standard InChI is InChI=1S/C9H14O3/c1-7(10)8-3-5-9(11,12-2)6-4-8/h3-5,7,10-11H,6H2,1-2H3. The van der Waals surface area contributed by atoms with Gasteiger partial charge in [-0.3, -0.25) is 0 Å². The number of hydrogen-bond acceptors (Lipinski definition) is 3. The van der Waals surface area contributed by atoms with Gasteiger partial charge in [-0.25, -0.2) is 0 Å². The number of ether oxygens (including phenoxy) is 1. The predicted octanol–water partition coefficient (Wildman–Crippen LogP) is 0.589. The smallest absolute Gasteiger partial charge is 0.188 e. The first-order chi connectivity index (χ1) is 5.57. The van der Waals surface area contributed by atoms with Crippen LogP contribution in [0, 0.1) is 0 Å². The largest absolute Gasteiger partial charge is 0.389 e. The molecule has 0 fully saturated rings. The number of methoxy groups -OCH3 is 1. The van der Waals surface area contributed by atoms with E-state index in [-0.39, 0.29) is 0 Å². The van der Waals surface area contributed by atoms with Crippen LogP contribution in [0.25, 0.3) is 0 Å². The second-order valence-corrected chi connectivity index (χ2v) is 2.97. The first-order valence-electron chi connectivity index (χ1n) is 3.92. The van der Waals surface area contributed by atoms with Gasteiger partial charge in [-0.2, -0.15) is 0 Å². The molecule has 0 amide bonds. The van der Waals surface area contributed by atoms with Gasteiger partial charge in [-0.15, -0.1) is 0 Å². The van der Waals surface area contributed by atoms with E-state index in [1.807, 2.05) is 0 Å². The first kappa shape index (κ1) is 9.45. The Bertz CT molecular complexity index is 218. The van der Waals surface area contributed by atoms with Crippen molar-refractivity contribution >= 4 is 0 Å². The molecule has 0 aliphatic heterocycles. The molecule has 1 rings (SSSR count). The summed E-state index contributed by atoms with van der Waals surface area (Å²) in [6, 6.07) is 0. The van der Waals surface area contributed by atoms with Crippen molar-refractivity contribution in [1.82, 2.24) is 0 Å². The van der Waals surface area contributed by atoms with Gasteiger partial charge in [0.15, 0.2) is 5.79 Å². The lowest BCUT2D eigenvalue weighted by molar-refractivity contribution is -0.143. The number of rotatable bonds is 2. The first-order valence-corrected chi connectivity index (χ1v) is 3.92. The summed E-state index contributed by atoms with van der Waals surface area (Å²) in [7, 11) is 1.45. The average Bonchev–Trinajstić information content (AvgIpc) is 2.05. The second kappa shape index (κ2) is 3.39. The van der Waals surface area contributed by atoms with Crippen LogP contribution in [0.4, 0.5) is 0 Å². The maximum absolute atomic E-state index is 9.54. The zero-order chi connectivity index (χ0) is 9.19. The summed E-state index contributed by atoms with van der Waals surface area (Å²) in [5.41, 5.74) is 0.816. The fourth-order valence-electron chi connectivity index (χ4n) is 1.09. The maximum Gasteiger partial charge on any atom is 0.188 e. The molecule has 0 bridgehead atoms. The number of aliphatic hydroxyl groups excluding tert-OH is 1. The Morgan fingerprint density at radius 2 is 2.33 bits per heavy atom. The highest BCUT2D eigenvalue weighted by molar-refractivity contribution is 5.28. The van der Waals surface area contributed by atoms with Gasteiger partial charge in [0.05, 0.1) is 6.10 Å². The summed E-state index contributed by atoms with van der Waals surface area (Å²) >= 11 is 0. The molecule has 1 aliphatic rings. The van der Waals surface area contributed by atoms with Gasteiger partial charge in [-0.1, -0.05) is 12.2 Å². The minimum atomic E-state index is -1.18. The van der Waals surface area contributed by atoms with Crippen LogP contribution in [0.2, 0.25) is 0 Å². The molecule has 2 N–H and O–H groups in total. The highest BCUT2D eigenvalue weighted by Gasteiger charge is 2.24. The molecule has 1 aliphatic carbocycles. The van der Waals surface area contributed by atoms with E-state index in [1.54, 1.807) is 25.2 Å². The van der Waals surface area contributed by atoms with Gasteiger partial charge in [0.1, 0.15) is 0 Å². The lowest BCUT2D eigenvalue weighted by Crippen LogP contribution is -2.29. The molecule has 0 aromatic rings. The average molecular weight is 170 g/mol. The molecule has 0 spiro atoms. The normalized spacial score (nSPS) is 31.5. The Hall–Kier alpha value is -0.640. The van der Waals surface area contributed by atoms with Gasteiger partial charge in [0.25, 0.3) is 0 Å². The van der Waals surface area contributed by atoms with E-state index in [1.165, 1.54) is 7.11 Å². The van der Waals surface area contributed by atoms with Crippen molar-refractivity contribution in [3.63, 3.8) is 0 Å². The summed E-state index contributed by atoms with van der Waals surface area (Å²) in [6.45, 7) is 1.69. The molecule has 2 atom stereocenters. The van der Waals surface area contributed by atoms with Crippen LogP contribution in [0.15, 0.2) is 23.8 Å². The number of aliphatic hydroxyl groups is 2. The molecule has 0 heterocycles. The van der Waals surface area contributed by atoms with Crippen LogP contribution in [0.5, 0.6) is 0 Å². The van der Waals surface area contributed by atoms with E-state index in [0.29, 0.717) is 6.42 Å². The van der Waals surface area contributed by atoms with E-state index >= 15 is 0 Å². The summed E-state index contributed by atoms with van der Waals surface area (Å²) in [5.74, 6) is -1.18. The van der Waals surface area contributed by atoms with E-state index in [9.17, 15) is 10.2 Å². The number of hydrogen-bond donors (Lipinski definition) is 2. The fourth-order valence-corrected chi connectivity index (χ4v) is 1.09. The third-order valence-corrected chi connectivity index (χ3v) is 2.00. The van der Waals surface area contributed by atoms with Crippen molar-refractivity contribution in [3.8, 4) is 0 Å². The molecular formula is C9H14O3. The van der Waals surface area contributed by atoms with Crippen molar-refractivity contribution < 1.29 is 14.9 Å². The van der Waals surface area contributed by atoms with E-state index in [2.05, 4.69) is 0 Å². The minimum Gasteiger partial charge on any atom is -0.389 e. The van der Waals surface area contributed by atoms with E-state index in [4.69, 9.17) is 4.74 Å². The summed E-state index contributed by atoms with van der Waals surface area (Å²) < 4.78 is 4.85. The van der Waals surface area contributed by atoms with Gasteiger partial charge >= 0.3 is 0 Å². The van der Waals surface area contributed by atoms with Crippen molar-refractivity contribution in [2.75, 3.05) is 7.11 Å². The Balaban J connectivity index is 2.67. The molecular weight excluding hydrogens is 156 g/mol. The van der Waals surface area contributed by atoms with Crippen LogP contribution in [0.1, 0.15) is 13.3 Å². The second-order valence-electron chi connectivity index (χ2n) is 2.97. The molecule has 0 saturated heterocycles. The lowest BCUT2D eigenvalue weighted by atomic mass is 9.99. The Labute approximate surface area is 72.0 Å². The van der Waals surface area contributed by atoms with Crippen molar-refractivity contribution in [2.24, 2.45) is 0 Å². The van der Waals surface area contributed by atoms with Gasteiger partial charge in [0, 0.05) is 13.5 Å². The molecule has 0 radical (unpaired) electrons. The highest BCUT2D eigenvalue weighted by atomic mass is 16.6. The minimum absolute atomic E-state index is 0.389. The van der Waals surface area contributed by atoms with Gasteiger partial charge in [-0.05, 0) is 18.6 Å². The third-order valence-electron chi connectivity index (χ3n) is 2.00. The van der Waals surface area contributed by atoms with E-state index in [0.717, 1.165) is 5.57 Å². The van der Waals surface area contributed by atoms with Crippen molar-refractivity contribution in [1.29, 1.82) is 0 Å². The molecule has 3 nitrogen and oxygen atoms in total. The Morgan fingerprint density at radius 1 is 1.67 bits per heavy atom. The molecule has 68 valence electrons. The highest BCUT2D eigenvalue weighted by Crippen LogP contribution is 2.22. The SMILES string of the molecule is COC1(O)C=CC(C(C)O)=CC1. The van der Waals surface area contributed by atoms with Crippen LogP contribution in [0.3, 0.4) is 0 Å². The third kappa shape index (κ3) is 1.94. The molecule has 0 aromatic heterocycles. The Kier molecular flexibility index (Phi) is 2.67. The fraction of sp³-hybridized carbons (Fsp3) is 0.556. The van der Waals surface area contributed by atoms with Crippen LogP contribution < -0.4 is 0 Å². The van der Waals surface area contributed by atoms with E-state index < -0.39 is 11.9 Å². The molecule has 12 heavy (non-hydrogen) atoms. The summed E-state index contributed by atoms with van der Waals surface area (Å²) in [6.07, 6.45) is 4.91. The van der Waals surface area contributed by atoms with Gasteiger partial charge in [0.2, 0.25) is 0 Å². The van der Waals surface area contributed by atoms with Crippen molar-refractivity contribution in [3.05, 3.63) is 23.8 Å². The van der Waals surface area contributed by atoms with Crippen LogP contribution >= 0.6 is 0 Å². The molecule has 0 saturated carbocycles. The predicted molar refractivity (Wildman–Crippen MR) is 45.5 cm³/mol. The molecule has 0 aromatic carbocycles. The quantitative estimate of drug-likeness (QED) is 0.596. The van der Waals surface area contributed by atoms with Gasteiger partial charge < -0.3 is 14.9 Å². The molecule has 2 unspecified atom stereocenters. The van der Waals surface area contributed by atoms with Crippen LogP contribution in [-0.4, -0.2) is 29.2 Å². The zero-order valence-electron chi connectivity index (χ0n) is 7.32.